The van der Waals surface area contributed by atoms with Crippen LogP contribution in [0.5, 0.6) is 0 Å². The van der Waals surface area contributed by atoms with Crippen molar-refractivity contribution in [1.29, 1.82) is 0 Å². The highest BCUT2D eigenvalue weighted by Crippen LogP contribution is 2.05. The zero-order valence-corrected chi connectivity index (χ0v) is 13.4. The van der Waals surface area contributed by atoms with Crippen molar-refractivity contribution in [1.82, 2.24) is 16.4 Å². The molecule has 0 aromatic carbocycles. The Balaban J connectivity index is 4.01. The zero-order chi connectivity index (χ0) is 19.6. The highest BCUT2D eigenvalue weighted by atomic mass is 16.4. The van der Waals surface area contributed by atoms with Gasteiger partial charge in [-0.25, -0.2) is 10.9 Å². The van der Waals surface area contributed by atoms with Crippen LogP contribution in [0.25, 0.3) is 0 Å². The van der Waals surface area contributed by atoms with Crippen LogP contribution in [0.4, 0.5) is 0 Å². The summed E-state index contributed by atoms with van der Waals surface area (Å²) in [7, 11) is 0. The van der Waals surface area contributed by atoms with Gasteiger partial charge in [0.15, 0.2) is 0 Å². The van der Waals surface area contributed by atoms with E-state index in [4.69, 9.17) is 20.4 Å². The first-order chi connectivity index (χ1) is 11.7. The second kappa shape index (κ2) is 12.8. The van der Waals surface area contributed by atoms with Crippen molar-refractivity contribution < 1.29 is 51.1 Å². The van der Waals surface area contributed by atoms with Crippen molar-refractivity contribution in [3.63, 3.8) is 0 Å². The van der Waals surface area contributed by atoms with E-state index in [1.807, 2.05) is 0 Å². The van der Waals surface area contributed by atoms with Gasteiger partial charge in [0.2, 0.25) is 0 Å². The first kappa shape index (κ1) is 24.5. The van der Waals surface area contributed by atoms with Crippen LogP contribution in [-0.4, -0.2) is 126 Å². The molecule has 13 N–H and O–H groups in total. The van der Waals surface area contributed by atoms with Gasteiger partial charge >= 0.3 is 0 Å². The highest BCUT2D eigenvalue weighted by Gasteiger charge is 2.30. The number of hydrogen-bond donors (Lipinski definition) is 13. The molecule has 0 amide bonds. The van der Waals surface area contributed by atoms with Gasteiger partial charge < -0.3 is 51.1 Å². The standard InChI is InChI=1S/C12H29N3O10/c16-3-7(20)11(24)9(22)5(18)1-13-15-14-2-6(19)10(23)12(25)8(21)4-17/h5-25H,1-4H2/t5-,6-,7+,8+,9+,10+,11+,12+/m0/s1. The lowest BCUT2D eigenvalue weighted by atomic mass is 10.0. The number of aliphatic hydroxyl groups is 10. The minimum absolute atomic E-state index is 0.312. The van der Waals surface area contributed by atoms with Gasteiger partial charge in [-0.15, -0.1) is 0 Å². The topological polar surface area (TPSA) is 238 Å². The van der Waals surface area contributed by atoms with Crippen LogP contribution in [0.1, 0.15) is 0 Å². The number of rotatable bonds is 14. The molecule has 0 saturated carbocycles. The summed E-state index contributed by atoms with van der Waals surface area (Å²) in [6.45, 7) is -2.22. The molecule has 0 aromatic heterocycles. The highest BCUT2D eigenvalue weighted by molar-refractivity contribution is 4.82. The number of aliphatic hydroxyl groups excluding tert-OH is 10. The van der Waals surface area contributed by atoms with Crippen molar-refractivity contribution in [2.45, 2.75) is 48.8 Å². The Bertz CT molecular complexity index is 312. The summed E-state index contributed by atoms with van der Waals surface area (Å²) < 4.78 is 0. The van der Waals surface area contributed by atoms with Crippen LogP contribution in [0, 0.1) is 0 Å². The van der Waals surface area contributed by atoms with Crippen LogP contribution in [0.3, 0.4) is 0 Å². The van der Waals surface area contributed by atoms with Crippen molar-refractivity contribution in [2.75, 3.05) is 26.3 Å². The Labute approximate surface area is 143 Å². The van der Waals surface area contributed by atoms with Crippen LogP contribution < -0.4 is 16.4 Å². The SMILES string of the molecule is OC[C@@H](O)[C@@H](O)[C@H](O)[C@@H](O)CNNNC[C@H](O)[C@@H](O)[C@H](O)[C@H](O)CO. The van der Waals surface area contributed by atoms with E-state index in [0.717, 1.165) is 0 Å². The Kier molecular flexibility index (Phi) is 12.5. The monoisotopic (exact) mass is 375 g/mol. The number of hydrogen-bond acceptors (Lipinski definition) is 13. The minimum atomic E-state index is -1.76. The fourth-order valence-corrected chi connectivity index (χ4v) is 1.74. The summed E-state index contributed by atoms with van der Waals surface area (Å²) in [5, 5.41) is 92.6. The predicted octanol–water partition coefficient (Wildman–Crippen LogP) is -7.54. The van der Waals surface area contributed by atoms with E-state index in [2.05, 4.69) is 16.4 Å². The first-order valence-electron chi connectivity index (χ1n) is 7.54. The molecule has 0 saturated heterocycles. The normalized spacial score (nSPS) is 21.8. The summed E-state index contributed by atoms with van der Waals surface area (Å²) in [6.07, 6.45) is -13.2. The summed E-state index contributed by atoms with van der Waals surface area (Å²) in [4.78, 5) is 0. The lowest BCUT2D eigenvalue weighted by Crippen LogP contribution is -2.55. The molecule has 8 atom stereocenters. The van der Waals surface area contributed by atoms with Gasteiger partial charge in [-0.2, -0.15) is 5.53 Å². The number of hydrazine groups is 2. The lowest BCUT2D eigenvalue weighted by molar-refractivity contribution is -0.116. The maximum atomic E-state index is 9.58. The molecule has 0 spiro atoms. The molecule has 0 aliphatic heterocycles. The van der Waals surface area contributed by atoms with Crippen LogP contribution in [0.15, 0.2) is 0 Å². The fourth-order valence-electron chi connectivity index (χ4n) is 1.74. The average molecular weight is 375 g/mol. The van der Waals surface area contributed by atoms with Gasteiger partial charge in [-0.1, -0.05) is 0 Å². The van der Waals surface area contributed by atoms with Crippen LogP contribution in [0.2, 0.25) is 0 Å². The minimum Gasteiger partial charge on any atom is -0.394 e. The molecule has 13 heteroatoms. The Morgan fingerprint density at radius 2 is 0.760 bits per heavy atom. The second-order valence-electron chi connectivity index (χ2n) is 5.48. The summed E-state index contributed by atoms with van der Waals surface area (Å²) >= 11 is 0. The molecule has 0 rings (SSSR count). The Morgan fingerprint density at radius 1 is 0.480 bits per heavy atom. The van der Waals surface area contributed by atoms with E-state index in [0.29, 0.717) is 0 Å². The maximum Gasteiger partial charge on any atom is 0.111 e. The molecule has 0 fully saturated rings. The fraction of sp³-hybridized carbons (Fsp3) is 1.00. The number of nitrogens with one attached hydrogen (secondary N) is 3. The summed E-state index contributed by atoms with van der Waals surface area (Å²) in [6, 6.07) is 0. The van der Waals surface area contributed by atoms with Gasteiger partial charge in [-0.05, 0) is 0 Å². The molecular formula is C12H29N3O10. The van der Waals surface area contributed by atoms with Crippen molar-refractivity contribution in [3.8, 4) is 0 Å². The van der Waals surface area contributed by atoms with E-state index in [1.165, 1.54) is 0 Å². The molecule has 25 heavy (non-hydrogen) atoms. The van der Waals surface area contributed by atoms with Gasteiger partial charge in [0.1, 0.15) is 36.6 Å². The zero-order valence-electron chi connectivity index (χ0n) is 13.4. The third-order valence-electron chi connectivity index (χ3n) is 3.45. The molecule has 13 nitrogen and oxygen atoms in total. The smallest absolute Gasteiger partial charge is 0.111 e. The Hall–Kier alpha value is -0.520. The lowest BCUT2D eigenvalue weighted by Gasteiger charge is -2.27. The van der Waals surface area contributed by atoms with Crippen LogP contribution in [-0.2, 0) is 0 Å². The van der Waals surface area contributed by atoms with Crippen molar-refractivity contribution in [3.05, 3.63) is 0 Å². The van der Waals surface area contributed by atoms with Crippen LogP contribution >= 0.6 is 0 Å². The second-order valence-corrected chi connectivity index (χ2v) is 5.48. The van der Waals surface area contributed by atoms with Gasteiger partial charge in [0.05, 0.1) is 25.4 Å². The largest absolute Gasteiger partial charge is 0.394 e. The van der Waals surface area contributed by atoms with Gasteiger partial charge in [0, 0.05) is 13.1 Å². The van der Waals surface area contributed by atoms with E-state index < -0.39 is 62.0 Å². The average Bonchev–Trinajstić information content (AvgIpc) is 2.63. The molecule has 152 valence electrons. The molecule has 0 radical (unpaired) electrons. The van der Waals surface area contributed by atoms with E-state index in [-0.39, 0.29) is 13.1 Å². The third kappa shape index (κ3) is 8.61. The molecule has 0 bridgehead atoms. The maximum absolute atomic E-state index is 9.58. The third-order valence-corrected chi connectivity index (χ3v) is 3.45. The van der Waals surface area contributed by atoms with Crippen molar-refractivity contribution >= 4 is 0 Å². The molecule has 0 aliphatic rings. The summed E-state index contributed by atoms with van der Waals surface area (Å²) in [5.74, 6) is 0. The molecule has 0 aromatic rings. The molecule has 0 unspecified atom stereocenters. The quantitative estimate of drug-likeness (QED) is 0.0998. The summed E-state index contributed by atoms with van der Waals surface area (Å²) in [5.41, 5.74) is 7.02. The van der Waals surface area contributed by atoms with Gasteiger partial charge in [0.25, 0.3) is 0 Å². The molecule has 0 aliphatic carbocycles. The van der Waals surface area contributed by atoms with E-state index in [1.54, 1.807) is 0 Å². The molecule has 0 heterocycles. The first-order valence-corrected chi connectivity index (χ1v) is 7.54. The predicted molar refractivity (Wildman–Crippen MR) is 81.4 cm³/mol. The van der Waals surface area contributed by atoms with Crippen molar-refractivity contribution in [2.24, 2.45) is 0 Å². The molecular weight excluding hydrogens is 346 g/mol. The van der Waals surface area contributed by atoms with Gasteiger partial charge in [-0.3, -0.25) is 0 Å². The van der Waals surface area contributed by atoms with E-state index >= 15 is 0 Å². The van der Waals surface area contributed by atoms with E-state index in [9.17, 15) is 30.6 Å². The Morgan fingerprint density at radius 3 is 1.04 bits per heavy atom.